The number of nitrogens with one attached hydrogen (secondary N) is 1. The van der Waals surface area contributed by atoms with Crippen LogP contribution in [-0.2, 0) is 0 Å². The molecule has 9 aromatic rings. The number of rotatable bonds is 5. The van der Waals surface area contributed by atoms with Gasteiger partial charge in [-0.3, -0.25) is 0 Å². The number of hydrogen-bond donors (Lipinski definition) is 1. The van der Waals surface area contributed by atoms with Gasteiger partial charge in [-0.25, -0.2) is 9.98 Å². The first kappa shape index (κ1) is 28.7. The highest BCUT2D eigenvalue weighted by Gasteiger charge is 2.22. The Balaban J connectivity index is 1.09. The molecular weight excluding hydrogens is 629 g/mol. The zero-order chi connectivity index (χ0) is 33.0. The van der Waals surface area contributed by atoms with Gasteiger partial charge in [0.1, 0.15) is 12.0 Å². The number of amidine groups is 2. The first-order valence-corrected chi connectivity index (χ1v) is 17.7. The van der Waals surface area contributed by atoms with Crippen LogP contribution in [0.5, 0.6) is 0 Å². The molecule has 0 radical (unpaired) electrons. The summed E-state index contributed by atoms with van der Waals surface area (Å²) in [6, 6.07) is 60.4. The van der Waals surface area contributed by atoms with Crippen molar-refractivity contribution in [2.24, 2.45) is 9.98 Å². The largest absolute Gasteiger partial charge is 0.344 e. The first-order chi connectivity index (χ1) is 24.8. The van der Waals surface area contributed by atoms with Gasteiger partial charge < -0.3 is 9.88 Å². The van der Waals surface area contributed by atoms with Gasteiger partial charge in [0, 0.05) is 47.8 Å². The highest BCUT2D eigenvalue weighted by molar-refractivity contribution is 7.25. The Morgan fingerprint density at radius 1 is 0.480 bits per heavy atom. The van der Waals surface area contributed by atoms with Crippen LogP contribution >= 0.6 is 11.3 Å². The molecule has 2 aromatic heterocycles. The minimum Gasteiger partial charge on any atom is -0.344 e. The standard InChI is InChI=1S/C45H30N4S/c1-3-12-29(13-4-1)43-46-44(30-14-5-2-6-15-30)48-45(47-43)33-16-11-17-34(26-33)49-39-20-9-7-18-35(39)37-27-31(22-24-40(37)49)32-23-25-42-38(28-32)36-19-8-10-21-41(36)50-42/h1-28,43H,(H,46,47,48). The highest BCUT2D eigenvalue weighted by Crippen LogP contribution is 2.39. The number of aromatic nitrogens is 1. The van der Waals surface area contributed by atoms with Gasteiger partial charge in [-0.05, 0) is 65.2 Å². The molecule has 0 fully saturated rings. The Bertz CT molecular complexity index is 2790. The van der Waals surface area contributed by atoms with Crippen molar-refractivity contribution in [3.05, 3.63) is 187 Å². The van der Waals surface area contributed by atoms with E-state index in [1.165, 1.54) is 53.1 Å². The van der Waals surface area contributed by atoms with Crippen LogP contribution in [0, 0.1) is 0 Å². The van der Waals surface area contributed by atoms with E-state index in [-0.39, 0.29) is 6.17 Å². The van der Waals surface area contributed by atoms with Crippen LogP contribution in [-0.4, -0.2) is 16.2 Å². The van der Waals surface area contributed by atoms with Crippen molar-refractivity contribution in [2.75, 3.05) is 0 Å². The average molecular weight is 659 g/mol. The van der Waals surface area contributed by atoms with E-state index in [9.17, 15) is 0 Å². The summed E-state index contributed by atoms with van der Waals surface area (Å²) < 4.78 is 5.02. The molecule has 0 saturated heterocycles. The topological polar surface area (TPSA) is 41.7 Å². The summed E-state index contributed by atoms with van der Waals surface area (Å²) in [5.74, 6) is 1.52. The molecule has 236 valence electrons. The van der Waals surface area contributed by atoms with Crippen LogP contribution in [0.2, 0.25) is 0 Å². The molecule has 1 N–H and O–H groups in total. The fourth-order valence-corrected chi connectivity index (χ4v) is 8.33. The second-order valence-corrected chi connectivity index (χ2v) is 13.8. The molecule has 1 unspecified atom stereocenters. The molecule has 4 nitrogen and oxygen atoms in total. The molecule has 1 atom stereocenters. The van der Waals surface area contributed by atoms with Crippen molar-refractivity contribution >= 4 is 65.0 Å². The summed E-state index contributed by atoms with van der Waals surface area (Å²) in [6.07, 6.45) is -0.250. The number of aliphatic imine (C=N–C) groups is 2. The predicted molar refractivity (Wildman–Crippen MR) is 211 cm³/mol. The van der Waals surface area contributed by atoms with Gasteiger partial charge in [0.15, 0.2) is 5.84 Å². The second kappa shape index (κ2) is 11.7. The van der Waals surface area contributed by atoms with Gasteiger partial charge in [-0.1, -0.05) is 121 Å². The first-order valence-electron chi connectivity index (χ1n) is 16.9. The lowest BCUT2D eigenvalue weighted by Crippen LogP contribution is -2.33. The van der Waals surface area contributed by atoms with Gasteiger partial charge in [0.2, 0.25) is 0 Å². The third kappa shape index (κ3) is 4.82. The van der Waals surface area contributed by atoms with E-state index >= 15 is 0 Å². The van der Waals surface area contributed by atoms with Gasteiger partial charge in [-0.15, -0.1) is 11.3 Å². The molecule has 5 heteroatoms. The molecule has 7 aromatic carbocycles. The van der Waals surface area contributed by atoms with Crippen molar-refractivity contribution in [3.8, 4) is 16.8 Å². The van der Waals surface area contributed by atoms with E-state index in [4.69, 9.17) is 9.98 Å². The molecule has 1 aliphatic heterocycles. The van der Waals surface area contributed by atoms with Crippen molar-refractivity contribution in [1.29, 1.82) is 0 Å². The minimum absolute atomic E-state index is 0.250. The van der Waals surface area contributed by atoms with Gasteiger partial charge in [0.05, 0.1) is 11.0 Å². The summed E-state index contributed by atoms with van der Waals surface area (Å²) >= 11 is 1.86. The van der Waals surface area contributed by atoms with Crippen molar-refractivity contribution in [2.45, 2.75) is 6.17 Å². The van der Waals surface area contributed by atoms with E-state index in [1.807, 2.05) is 35.6 Å². The fourth-order valence-electron chi connectivity index (χ4n) is 7.25. The van der Waals surface area contributed by atoms with Crippen LogP contribution in [0.15, 0.2) is 180 Å². The minimum atomic E-state index is -0.250. The molecule has 3 heterocycles. The monoisotopic (exact) mass is 658 g/mol. The van der Waals surface area contributed by atoms with E-state index in [0.29, 0.717) is 0 Å². The SMILES string of the molecule is c1ccc(C2=NC(c3ccccc3)NC(c3cccc(-n4c5ccccc5c5cc(-c6ccc7sc8ccccc8c7c6)ccc54)c3)=N2)cc1. The van der Waals surface area contributed by atoms with Crippen LogP contribution in [0.25, 0.3) is 58.8 Å². The van der Waals surface area contributed by atoms with Gasteiger partial charge >= 0.3 is 0 Å². The molecule has 0 spiro atoms. The van der Waals surface area contributed by atoms with Crippen LogP contribution in [0.4, 0.5) is 0 Å². The Kier molecular flexibility index (Phi) is 6.71. The fraction of sp³-hybridized carbons (Fsp3) is 0.0222. The number of nitrogens with zero attached hydrogens (tertiary/aromatic N) is 3. The maximum Gasteiger partial charge on any atom is 0.159 e. The molecule has 0 saturated carbocycles. The Morgan fingerprint density at radius 3 is 2.00 bits per heavy atom. The number of hydrogen-bond acceptors (Lipinski definition) is 4. The Hall–Kier alpha value is -6.30. The maximum absolute atomic E-state index is 5.07. The van der Waals surface area contributed by atoms with Gasteiger partial charge in [-0.2, -0.15) is 0 Å². The molecule has 50 heavy (non-hydrogen) atoms. The van der Waals surface area contributed by atoms with Crippen LogP contribution in [0.3, 0.4) is 0 Å². The van der Waals surface area contributed by atoms with Crippen LogP contribution < -0.4 is 5.32 Å². The van der Waals surface area contributed by atoms with Crippen LogP contribution in [0.1, 0.15) is 22.9 Å². The molecule has 0 amide bonds. The quantitative estimate of drug-likeness (QED) is 0.196. The smallest absolute Gasteiger partial charge is 0.159 e. The van der Waals surface area contributed by atoms with Crippen molar-refractivity contribution < 1.29 is 0 Å². The zero-order valence-corrected chi connectivity index (χ0v) is 27.8. The predicted octanol–water partition coefficient (Wildman–Crippen LogP) is 11.3. The number of thiophene rings is 1. The van der Waals surface area contributed by atoms with Crippen molar-refractivity contribution in [3.63, 3.8) is 0 Å². The summed E-state index contributed by atoms with van der Waals surface area (Å²) in [5, 5.41) is 8.73. The third-order valence-corrected chi connectivity index (χ3v) is 10.8. The number of fused-ring (bicyclic) bond motifs is 6. The highest BCUT2D eigenvalue weighted by atomic mass is 32.1. The van der Waals surface area contributed by atoms with E-state index in [0.717, 1.165) is 34.0 Å². The summed E-state index contributed by atoms with van der Waals surface area (Å²) in [6.45, 7) is 0. The molecular formula is C45H30N4S. The lowest BCUT2D eigenvalue weighted by molar-refractivity contribution is 0.674. The lowest BCUT2D eigenvalue weighted by atomic mass is 10.0. The second-order valence-electron chi connectivity index (χ2n) is 12.7. The van der Waals surface area contributed by atoms with Crippen molar-refractivity contribution in [1.82, 2.24) is 9.88 Å². The summed E-state index contributed by atoms with van der Waals surface area (Å²) in [7, 11) is 0. The average Bonchev–Trinajstić information content (AvgIpc) is 3.73. The Labute approximate surface area is 293 Å². The number of benzene rings is 7. The summed E-state index contributed by atoms with van der Waals surface area (Å²) in [5.41, 5.74) is 8.95. The lowest BCUT2D eigenvalue weighted by Gasteiger charge is -2.24. The summed E-state index contributed by atoms with van der Waals surface area (Å²) in [4.78, 5) is 10.1. The number of para-hydroxylation sites is 1. The molecule has 0 aliphatic carbocycles. The molecule has 1 aliphatic rings. The van der Waals surface area contributed by atoms with E-state index < -0.39 is 0 Å². The Morgan fingerprint density at radius 2 is 1.14 bits per heavy atom. The zero-order valence-electron chi connectivity index (χ0n) is 27.0. The maximum atomic E-state index is 5.07. The molecule has 0 bridgehead atoms. The normalized spacial score (nSPS) is 14.6. The van der Waals surface area contributed by atoms with Gasteiger partial charge in [0.25, 0.3) is 0 Å². The third-order valence-electron chi connectivity index (χ3n) is 9.65. The molecule has 10 rings (SSSR count). The van der Waals surface area contributed by atoms with E-state index in [1.54, 1.807) is 0 Å². The van der Waals surface area contributed by atoms with E-state index in [2.05, 4.69) is 155 Å².